The van der Waals surface area contributed by atoms with Gasteiger partial charge in [-0.05, 0) is 77.0 Å². The van der Waals surface area contributed by atoms with Crippen LogP contribution in [0.25, 0.3) is 0 Å². The lowest BCUT2D eigenvalue weighted by Crippen LogP contribution is -2.59. The van der Waals surface area contributed by atoms with Gasteiger partial charge in [-0.3, -0.25) is 9.59 Å². The summed E-state index contributed by atoms with van der Waals surface area (Å²) in [6.45, 7) is 3.29. The number of ether oxygens (including phenoxy) is 4. The molecule has 0 bridgehead atoms. The average molecular weight is 831 g/mol. The molecular formula is C49H82O10. The van der Waals surface area contributed by atoms with Crippen molar-refractivity contribution in [1.82, 2.24) is 0 Å². The Balaban J connectivity index is 2.40. The molecule has 6 atom stereocenters. The van der Waals surface area contributed by atoms with E-state index < -0.39 is 55.4 Å². The summed E-state index contributed by atoms with van der Waals surface area (Å²) in [5, 5.41) is 40.1. The van der Waals surface area contributed by atoms with Gasteiger partial charge < -0.3 is 39.4 Å². The molecule has 1 saturated heterocycles. The van der Waals surface area contributed by atoms with Crippen LogP contribution in [0.3, 0.4) is 0 Å². The highest BCUT2D eigenvalue weighted by Crippen LogP contribution is 2.22. The number of rotatable bonds is 37. The Morgan fingerprint density at radius 2 is 0.949 bits per heavy atom. The first-order valence-electron chi connectivity index (χ1n) is 23.0. The average Bonchev–Trinajstić information content (AvgIpc) is 3.23. The van der Waals surface area contributed by atoms with Gasteiger partial charge in [0.05, 0.1) is 13.2 Å². The van der Waals surface area contributed by atoms with Gasteiger partial charge in [-0.15, -0.1) is 0 Å². The second-order valence-electron chi connectivity index (χ2n) is 15.5. The minimum absolute atomic E-state index is 0.151. The normalized spacial score (nSPS) is 20.7. The van der Waals surface area contributed by atoms with Crippen LogP contribution in [0.15, 0.2) is 72.9 Å². The number of aliphatic hydroxyl groups is 4. The highest BCUT2D eigenvalue weighted by Gasteiger charge is 2.44. The van der Waals surface area contributed by atoms with Gasteiger partial charge in [0.25, 0.3) is 0 Å². The van der Waals surface area contributed by atoms with Crippen molar-refractivity contribution in [3.05, 3.63) is 72.9 Å². The number of carbonyl (C=O) groups excluding carboxylic acids is 2. The second-order valence-corrected chi connectivity index (χ2v) is 15.5. The summed E-state index contributed by atoms with van der Waals surface area (Å²) in [6.07, 6.45) is 42.1. The summed E-state index contributed by atoms with van der Waals surface area (Å²) in [4.78, 5) is 25.3. The summed E-state index contributed by atoms with van der Waals surface area (Å²) in [7, 11) is 0. The van der Waals surface area contributed by atoms with E-state index in [1.54, 1.807) is 0 Å². The van der Waals surface area contributed by atoms with Crippen LogP contribution in [0.4, 0.5) is 0 Å². The summed E-state index contributed by atoms with van der Waals surface area (Å²) in [5.74, 6) is -0.930. The quantitative estimate of drug-likeness (QED) is 0.0271. The molecule has 0 aromatic carbocycles. The molecule has 1 fully saturated rings. The maximum atomic E-state index is 12.8. The lowest BCUT2D eigenvalue weighted by atomic mass is 9.99. The minimum Gasteiger partial charge on any atom is -0.462 e. The first-order valence-corrected chi connectivity index (χ1v) is 23.0. The number of esters is 2. The fourth-order valence-corrected chi connectivity index (χ4v) is 6.40. The Hall–Kier alpha value is -2.86. The number of carbonyl (C=O) groups is 2. The fourth-order valence-electron chi connectivity index (χ4n) is 6.40. The number of aliphatic hydroxyl groups excluding tert-OH is 4. The van der Waals surface area contributed by atoms with Gasteiger partial charge in [-0.2, -0.15) is 0 Å². The van der Waals surface area contributed by atoms with Crippen molar-refractivity contribution in [3.63, 3.8) is 0 Å². The molecule has 10 nitrogen and oxygen atoms in total. The monoisotopic (exact) mass is 831 g/mol. The topological polar surface area (TPSA) is 152 Å². The molecular weight excluding hydrogens is 749 g/mol. The van der Waals surface area contributed by atoms with Crippen molar-refractivity contribution in [2.75, 3.05) is 19.8 Å². The molecule has 1 aliphatic heterocycles. The molecule has 1 aliphatic rings. The third-order valence-electron chi connectivity index (χ3n) is 10.1. The van der Waals surface area contributed by atoms with Crippen LogP contribution in [-0.2, 0) is 28.5 Å². The summed E-state index contributed by atoms with van der Waals surface area (Å²) in [5.41, 5.74) is 0. The standard InChI is InChI=1S/C49H82O10/c1-3-5-7-9-11-13-15-17-19-21-23-25-27-29-31-33-35-37-44(51)56-40-42(41-57-49-48(55)47(54)46(53)43(39-50)59-49)58-45(52)38-36-34-32-30-28-26-24-22-20-18-16-14-12-10-8-6-4-2/h11,13,17,19,23-26,29-32,42-43,46-50,53-55H,3-10,12,14-16,18,20-22,27-28,33-41H2,1-2H3/b13-11+,19-17+,25-23+,26-24+,31-29+,32-30+/t42-,43-,46+,47?,48?,49-/m0/s1. The fraction of sp³-hybridized carbons (Fsp3) is 0.714. The van der Waals surface area contributed by atoms with Crippen LogP contribution in [0.1, 0.15) is 168 Å². The molecule has 0 aliphatic carbocycles. The smallest absolute Gasteiger partial charge is 0.306 e. The van der Waals surface area contributed by atoms with Gasteiger partial charge in [0.2, 0.25) is 0 Å². The van der Waals surface area contributed by atoms with Crippen molar-refractivity contribution in [2.45, 2.75) is 205 Å². The molecule has 0 spiro atoms. The molecule has 0 aromatic rings. The lowest BCUT2D eigenvalue weighted by Gasteiger charge is -2.39. The van der Waals surface area contributed by atoms with E-state index in [2.05, 4.69) is 80.7 Å². The summed E-state index contributed by atoms with van der Waals surface area (Å²) < 4.78 is 22.1. The SMILES string of the molecule is CCCCC/C=C/C/C=C/C/C=C/C/C=C/CCCC(=O)OC[C@@H](CO[C@H]1O[C@@H](CO)[C@@H](O)C(O)C1O)OC(=O)CCC/C=C/C/C=C/CCCCCCCCCCC. The Labute approximate surface area is 357 Å². The number of allylic oxidation sites excluding steroid dienone is 12. The maximum absolute atomic E-state index is 12.8. The maximum Gasteiger partial charge on any atom is 0.306 e. The van der Waals surface area contributed by atoms with Gasteiger partial charge in [0.15, 0.2) is 12.4 Å². The highest BCUT2D eigenvalue weighted by atomic mass is 16.7. The first-order chi connectivity index (χ1) is 28.8. The van der Waals surface area contributed by atoms with Gasteiger partial charge in [-0.1, -0.05) is 151 Å². The van der Waals surface area contributed by atoms with Gasteiger partial charge in [0.1, 0.15) is 31.0 Å². The summed E-state index contributed by atoms with van der Waals surface area (Å²) in [6, 6.07) is 0. The zero-order valence-electron chi connectivity index (χ0n) is 36.7. The van der Waals surface area contributed by atoms with Crippen LogP contribution in [0.2, 0.25) is 0 Å². The van der Waals surface area contributed by atoms with E-state index >= 15 is 0 Å². The van der Waals surface area contributed by atoms with Crippen molar-refractivity contribution >= 4 is 11.9 Å². The van der Waals surface area contributed by atoms with Crippen molar-refractivity contribution < 1.29 is 49.0 Å². The molecule has 59 heavy (non-hydrogen) atoms. The van der Waals surface area contributed by atoms with Crippen LogP contribution in [-0.4, -0.2) is 89.0 Å². The van der Waals surface area contributed by atoms with Gasteiger partial charge in [0, 0.05) is 12.8 Å². The number of unbranched alkanes of at least 4 members (excludes halogenated alkanes) is 14. The zero-order chi connectivity index (χ0) is 43.0. The number of hydrogen-bond donors (Lipinski definition) is 4. The Kier molecular flexibility index (Phi) is 36.1. The largest absolute Gasteiger partial charge is 0.462 e. The van der Waals surface area contributed by atoms with E-state index in [-0.39, 0.29) is 26.1 Å². The molecule has 0 aromatic heterocycles. The van der Waals surface area contributed by atoms with E-state index in [9.17, 15) is 30.0 Å². The van der Waals surface area contributed by atoms with E-state index in [4.69, 9.17) is 18.9 Å². The first kappa shape index (κ1) is 54.2. The third-order valence-corrected chi connectivity index (χ3v) is 10.1. The van der Waals surface area contributed by atoms with Crippen molar-refractivity contribution in [2.24, 2.45) is 0 Å². The minimum atomic E-state index is -1.61. The Bertz CT molecular complexity index is 1190. The predicted octanol–water partition coefficient (Wildman–Crippen LogP) is 10.00. The summed E-state index contributed by atoms with van der Waals surface area (Å²) >= 11 is 0. The Morgan fingerprint density at radius 1 is 0.525 bits per heavy atom. The molecule has 1 rings (SSSR count). The Morgan fingerprint density at radius 3 is 1.46 bits per heavy atom. The highest BCUT2D eigenvalue weighted by molar-refractivity contribution is 5.70. The zero-order valence-corrected chi connectivity index (χ0v) is 36.7. The number of hydrogen-bond acceptors (Lipinski definition) is 10. The second kappa shape index (κ2) is 39.3. The van der Waals surface area contributed by atoms with E-state index in [0.29, 0.717) is 19.3 Å². The molecule has 0 saturated carbocycles. The van der Waals surface area contributed by atoms with E-state index in [1.807, 2.05) is 6.08 Å². The molecule has 1 heterocycles. The van der Waals surface area contributed by atoms with Gasteiger partial charge >= 0.3 is 11.9 Å². The lowest BCUT2D eigenvalue weighted by molar-refractivity contribution is -0.305. The van der Waals surface area contributed by atoms with E-state index in [1.165, 1.54) is 77.0 Å². The molecule has 4 N–H and O–H groups in total. The van der Waals surface area contributed by atoms with Crippen LogP contribution >= 0.6 is 0 Å². The van der Waals surface area contributed by atoms with Crippen LogP contribution in [0.5, 0.6) is 0 Å². The van der Waals surface area contributed by atoms with Gasteiger partial charge in [-0.25, -0.2) is 0 Å². The molecule has 0 radical (unpaired) electrons. The van der Waals surface area contributed by atoms with Crippen LogP contribution in [0, 0.1) is 0 Å². The van der Waals surface area contributed by atoms with Crippen molar-refractivity contribution in [3.8, 4) is 0 Å². The van der Waals surface area contributed by atoms with E-state index in [0.717, 1.165) is 44.9 Å². The van der Waals surface area contributed by atoms with Crippen LogP contribution < -0.4 is 0 Å². The molecule has 338 valence electrons. The third kappa shape index (κ3) is 30.8. The predicted molar refractivity (Wildman–Crippen MR) is 238 cm³/mol. The molecule has 0 amide bonds. The van der Waals surface area contributed by atoms with Crippen molar-refractivity contribution in [1.29, 1.82) is 0 Å². The molecule has 10 heteroatoms. The molecule has 2 unspecified atom stereocenters.